The standard InChI is InChI=1S/C21H25ClN5O6P.C17H16ClN5O3.C16H14ClN5O4.C14H21ClN5O5P.C14H16O5/c1-12(2)33-34(3,29)11-31-14-9-30-19(16(14)32-20(28)13-7-5-4-6-8-13)27-10-24-15-17(22)25-21(23)26-18(15)27;1-9-7-25-15(12(9)26-16(24)10-5-3-2-4-6-10)23-8-20-11-13(18)21-17(19)22-14(11)23;17-12-10-13(21-16(18)20-12)22(7-19-10)14-11(9(23)6-25-14)26-15(24)8-4-2-1-3-5-8;1-7(2)25-26(3,22)6-24-8-4-23-13(10(8)21)20-5-17-9-11(15)18-14(16)19-12(9)20;1-9-8-17-14(18-10(2)15)12(9)19-13(16)11-6-4-3-5-7-11/h4-8,10,12,14,16,19H,9,11H2,1-3H3,(H2,23,25,26);2-6,8-9,12,15H,7H2,1H3,(H2,19,21,22);1-5,7,9,11,14,23H,6H2,(H2,18,20,21);5,7-8,10,13,21H,4,6H2,1-3H3,(H2,16,18,19);3-7,9,12,14H,8H2,1-2H3/t14-,16+,19+,34?;9-,12+,15+;9-,11+,14+;8-,10+,13+,26?;9-,12+,14?/m00000/s1. The Balaban J connectivity index is 0.000000141. The van der Waals surface area contributed by atoms with Gasteiger partial charge in [-0.3, -0.25) is 32.2 Å². The number of aromatic nitrogens is 16. The summed E-state index contributed by atoms with van der Waals surface area (Å²) < 4.78 is 109. The fourth-order valence-corrected chi connectivity index (χ4v) is 17.8. The highest BCUT2D eigenvalue weighted by atomic mass is 35.5. The number of nitrogens with two attached hydrogens (primary N) is 4. The Labute approximate surface area is 766 Å². The van der Waals surface area contributed by atoms with Crippen LogP contribution in [0.1, 0.15) is 115 Å². The maximum absolute atomic E-state index is 12.9. The second-order valence-corrected chi connectivity index (χ2v) is 37.4. The first-order valence-corrected chi connectivity index (χ1v) is 46.5. The van der Waals surface area contributed by atoms with Crippen molar-refractivity contribution < 1.29 is 109 Å². The molecule has 131 heavy (non-hydrogen) atoms. The quantitative estimate of drug-likeness (QED) is 0.0150. The van der Waals surface area contributed by atoms with Gasteiger partial charge in [-0.05, 0) is 76.2 Å². The number of benzene rings is 4. The van der Waals surface area contributed by atoms with E-state index < -0.39 is 125 Å². The summed E-state index contributed by atoms with van der Waals surface area (Å²) in [6.07, 6.45) is -5.08. The molecule has 0 spiro atoms. The average Bonchev–Trinajstić information content (AvgIpc) is 1.64. The predicted octanol–water partition coefficient (Wildman–Crippen LogP) is 10.5. The topological polar surface area (TPSA) is 568 Å². The third-order valence-corrected chi connectivity index (χ3v) is 23.9. The molecule has 696 valence electrons. The van der Waals surface area contributed by atoms with E-state index in [1.807, 2.05) is 26.0 Å². The summed E-state index contributed by atoms with van der Waals surface area (Å²) in [5, 5.41) is 21.2. The van der Waals surface area contributed by atoms with Crippen molar-refractivity contribution in [1.82, 2.24) is 78.1 Å². The molecule has 5 saturated heterocycles. The van der Waals surface area contributed by atoms with Gasteiger partial charge in [0.05, 0.1) is 92.8 Å². The van der Waals surface area contributed by atoms with E-state index in [4.69, 9.17) is 135 Å². The molecule has 13 heterocycles. The zero-order valence-electron chi connectivity index (χ0n) is 71.5. The van der Waals surface area contributed by atoms with Gasteiger partial charge in [0.15, 0.2) is 92.5 Å². The molecule has 12 aromatic rings. The zero-order chi connectivity index (χ0) is 93.9. The van der Waals surface area contributed by atoms with Crippen LogP contribution in [0.2, 0.25) is 20.6 Å². The highest BCUT2D eigenvalue weighted by molar-refractivity contribution is 7.58. The van der Waals surface area contributed by atoms with E-state index in [1.54, 1.807) is 146 Å². The first-order chi connectivity index (χ1) is 62.5. The van der Waals surface area contributed by atoms with E-state index >= 15 is 0 Å². The molecular weight excluding hydrogens is 1840 g/mol. The van der Waals surface area contributed by atoms with Crippen LogP contribution in [-0.4, -0.2) is 245 Å². The summed E-state index contributed by atoms with van der Waals surface area (Å²) in [6.45, 7) is 16.3. The third kappa shape index (κ3) is 24.0. The largest absolute Gasteiger partial charge is 0.454 e. The van der Waals surface area contributed by atoms with Crippen molar-refractivity contribution in [3.63, 3.8) is 0 Å². The molecule has 4 aromatic carbocycles. The number of nitrogens with zero attached hydrogens (tertiary/aromatic N) is 16. The van der Waals surface area contributed by atoms with Gasteiger partial charge in [-0.25, -0.2) is 39.1 Å². The van der Waals surface area contributed by atoms with Crippen LogP contribution < -0.4 is 22.9 Å². The third-order valence-electron chi connectivity index (χ3n) is 19.9. The summed E-state index contributed by atoms with van der Waals surface area (Å²) in [5.41, 5.74) is 27.2. The molecule has 5 fully saturated rings. The number of carbonyl (C=O) groups is 5. The first kappa shape index (κ1) is 97.3. The smallest absolute Gasteiger partial charge is 0.338 e. The molecule has 0 saturated carbocycles. The van der Waals surface area contributed by atoms with Gasteiger partial charge in [0, 0.05) is 32.1 Å². The number of fused-ring (bicyclic) bond motifs is 4. The minimum Gasteiger partial charge on any atom is -0.454 e. The van der Waals surface area contributed by atoms with Crippen molar-refractivity contribution in [1.29, 1.82) is 0 Å². The SMILES string of the molecule is CC(=O)OC1OC[C@H](C)[C@H]1OC(=O)c1ccccc1.CC(C)OP(C)(=O)CO[C@H]1CO[C@@H](n2cnc3c(Cl)nc(N)nc32)[C@@H]1O.CC(C)OP(C)(=O)CO[C@H]1CO[C@@H](n2cnc3c(Cl)nc(N)nc32)[C@@H]1OC(=O)c1ccccc1.C[C@H]1CO[C@@H](n2cnc3c(Cl)nc(N)nc32)[C@@H]1OC(=O)c1ccccc1.Nc1nc(Cl)c2ncn([C@@H]3OC[C@H](O)[C@H]3OC(=O)c3ccccc3)c2n1. The van der Waals surface area contributed by atoms with E-state index in [1.165, 1.54) is 54.7 Å². The number of rotatable bonds is 23. The number of aliphatic hydroxyl groups excluding tert-OH is 2. The van der Waals surface area contributed by atoms with Crippen LogP contribution >= 0.6 is 61.1 Å². The summed E-state index contributed by atoms with van der Waals surface area (Å²) in [4.78, 5) is 109. The molecule has 43 nitrogen and oxygen atoms in total. The number of carbonyl (C=O) groups excluding carboxylic acids is 5. The first-order valence-electron chi connectivity index (χ1n) is 40.5. The highest BCUT2D eigenvalue weighted by Gasteiger charge is 2.47. The van der Waals surface area contributed by atoms with E-state index in [2.05, 4.69) is 59.8 Å². The summed E-state index contributed by atoms with van der Waals surface area (Å²) >= 11 is 24.3. The Kier molecular flexibility index (Phi) is 32.0. The van der Waals surface area contributed by atoms with E-state index in [0.717, 1.165) is 0 Å². The Morgan fingerprint density at radius 2 is 0.710 bits per heavy atom. The maximum Gasteiger partial charge on any atom is 0.338 e. The summed E-state index contributed by atoms with van der Waals surface area (Å²) in [7, 11) is -5.97. The average molecular weight is 1930 g/mol. The molecule has 10 N–H and O–H groups in total. The number of ether oxygens (including phenoxy) is 12. The van der Waals surface area contributed by atoms with Gasteiger partial charge in [0.2, 0.25) is 44.8 Å². The number of aliphatic hydroxyl groups is 2. The van der Waals surface area contributed by atoms with Crippen LogP contribution in [0.15, 0.2) is 147 Å². The zero-order valence-corrected chi connectivity index (χ0v) is 76.3. The van der Waals surface area contributed by atoms with E-state index in [9.17, 15) is 43.3 Å². The molecular formula is C82H92Cl4N20O23P2. The number of nitrogen functional groups attached to an aromatic ring is 4. The number of hydrogen-bond donors (Lipinski definition) is 6. The van der Waals surface area contributed by atoms with Crippen molar-refractivity contribution in [3.8, 4) is 0 Å². The number of hydrogen-bond acceptors (Lipinski definition) is 39. The molecule has 0 amide bonds. The van der Waals surface area contributed by atoms with Gasteiger partial charge >= 0.3 is 29.8 Å². The van der Waals surface area contributed by atoms with Crippen LogP contribution in [0.3, 0.4) is 0 Å². The van der Waals surface area contributed by atoms with Crippen molar-refractivity contribution in [3.05, 3.63) is 190 Å². The second-order valence-electron chi connectivity index (χ2n) is 31.0. The van der Waals surface area contributed by atoms with Crippen LogP contribution in [0.4, 0.5) is 23.8 Å². The highest BCUT2D eigenvalue weighted by Crippen LogP contribution is 2.47. The van der Waals surface area contributed by atoms with Gasteiger partial charge in [-0.15, -0.1) is 0 Å². The second kappa shape index (κ2) is 43.0. The van der Waals surface area contributed by atoms with Gasteiger partial charge in [0.1, 0.15) is 59.2 Å². The fourth-order valence-electron chi connectivity index (χ4n) is 14.1. The molecule has 3 unspecified atom stereocenters. The van der Waals surface area contributed by atoms with E-state index in [0.29, 0.717) is 80.1 Å². The number of imidazole rings is 4. The van der Waals surface area contributed by atoms with Crippen LogP contribution in [0.5, 0.6) is 0 Å². The van der Waals surface area contributed by atoms with Gasteiger partial charge in [-0.2, -0.15) is 39.9 Å². The molecule has 17 rings (SSSR count). The molecule has 0 bridgehead atoms. The van der Waals surface area contributed by atoms with Crippen LogP contribution in [0, 0.1) is 11.8 Å². The minimum absolute atomic E-state index is 0.000214. The van der Waals surface area contributed by atoms with Gasteiger partial charge in [-0.1, -0.05) is 133 Å². The molecule has 5 aliphatic heterocycles. The Morgan fingerprint density at radius 1 is 0.412 bits per heavy atom. The summed E-state index contributed by atoms with van der Waals surface area (Å²) in [5.74, 6) is -2.51. The van der Waals surface area contributed by atoms with Crippen molar-refractivity contribution in [2.75, 3.05) is 82.0 Å². The number of anilines is 4. The molecule has 8 aromatic heterocycles. The minimum atomic E-state index is -3.04. The Bertz CT molecular complexity index is 5970. The lowest BCUT2D eigenvalue weighted by molar-refractivity contribution is -0.180. The normalized spacial score (nSPS) is 23.6. The van der Waals surface area contributed by atoms with Crippen molar-refractivity contribution in [2.45, 2.75) is 141 Å². The molecule has 17 atom stereocenters. The van der Waals surface area contributed by atoms with Crippen molar-refractivity contribution in [2.24, 2.45) is 11.8 Å². The van der Waals surface area contributed by atoms with Crippen LogP contribution in [0.25, 0.3) is 44.7 Å². The van der Waals surface area contributed by atoms with Crippen LogP contribution in [-0.2, 0) is 79.8 Å². The molecule has 0 radical (unpaired) electrons. The lowest BCUT2D eigenvalue weighted by Crippen LogP contribution is -2.36. The lowest BCUT2D eigenvalue weighted by Gasteiger charge is -2.25. The Morgan fingerprint density at radius 3 is 1.09 bits per heavy atom. The monoisotopic (exact) mass is 1930 g/mol. The molecule has 5 aliphatic rings. The van der Waals surface area contributed by atoms with E-state index in [-0.39, 0.29) is 101 Å². The summed E-state index contributed by atoms with van der Waals surface area (Å²) in [6, 6.07) is 34.5. The Hall–Kier alpha value is -11.2. The fraction of sp³-hybridized carbons (Fsp3) is 0.402. The van der Waals surface area contributed by atoms with Crippen molar-refractivity contribution >= 4 is 159 Å². The number of esters is 5. The maximum atomic E-state index is 12.9. The number of halogens is 4. The molecule has 0 aliphatic carbocycles. The van der Waals surface area contributed by atoms with Gasteiger partial charge in [0.25, 0.3) is 0 Å². The molecule has 49 heteroatoms. The predicted molar refractivity (Wildman–Crippen MR) is 472 cm³/mol. The lowest BCUT2D eigenvalue weighted by atomic mass is 10.1. The van der Waals surface area contributed by atoms with Gasteiger partial charge < -0.3 is 99.0 Å².